The van der Waals surface area contributed by atoms with Gasteiger partial charge in [0, 0.05) is 10.0 Å². The van der Waals surface area contributed by atoms with E-state index in [-0.39, 0.29) is 23.8 Å². The summed E-state index contributed by atoms with van der Waals surface area (Å²) in [5.74, 6) is 0.552. The predicted octanol–water partition coefficient (Wildman–Crippen LogP) is 3.86. The van der Waals surface area contributed by atoms with Gasteiger partial charge in [0.25, 0.3) is 5.56 Å². The van der Waals surface area contributed by atoms with Gasteiger partial charge < -0.3 is 14.2 Å². The molecule has 1 aromatic heterocycles. The Balaban J connectivity index is 1.91. The van der Waals surface area contributed by atoms with Gasteiger partial charge in [0.15, 0.2) is 11.4 Å². The van der Waals surface area contributed by atoms with Gasteiger partial charge in [-0.25, -0.2) is 9.79 Å². The van der Waals surface area contributed by atoms with E-state index in [1.54, 1.807) is 64.3 Å². The monoisotopic (exact) mass is 581 g/mol. The van der Waals surface area contributed by atoms with Crippen LogP contribution in [0.15, 0.2) is 68.0 Å². The molecule has 0 fully saturated rings. The number of allylic oxidation sites excluding steroid dienone is 1. The van der Waals surface area contributed by atoms with Crippen molar-refractivity contribution in [3.8, 4) is 17.6 Å². The summed E-state index contributed by atoms with van der Waals surface area (Å²) < 4.78 is 19.2. The zero-order valence-electron chi connectivity index (χ0n) is 20.6. The number of rotatable bonds is 7. The van der Waals surface area contributed by atoms with Crippen LogP contribution in [0.1, 0.15) is 37.9 Å². The number of ether oxygens (including phenoxy) is 3. The lowest BCUT2D eigenvalue weighted by Crippen LogP contribution is -2.40. The summed E-state index contributed by atoms with van der Waals surface area (Å²) in [6.45, 7) is 5.24. The number of nitrogens with zero attached hydrogens (tertiary/aromatic N) is 3. The van der Waals surface area contributed by atoms with Gasteiger partial charge in [-0.2, -0.15) is 5.26 Å². The number of carbonyl (C=O) groups is 1. The van der Waals surface area contributed by atoms with Gasteiger partial charge in [0.2, 0.25) is 0 Å². The molecule has 0 radical (unpaired) electrons. The van der Waals surface area contributed by atoms with Gasteiger partial charge in [-0.05, 0) is 62.7 Å². The van der Waals surface area contributed by atoms with E-state index >= 15 is 0 Å². The molecule has 1 atom stereocenters. The third kappa shape index (κ3) is 5.53. The van der Waals surface area contributed by atoms with E-state index in [4.69, 9.17) is 19.5 Å². The zero-order valence-corrected chi connectivity index (χ0v) is 23.1. The van der Waals surface area contributed by atoms with Gasteiger partial charge in [0.05, 0.1) is 29.0 Å². The van der Waals surface area contributed by atoms with Crippen molar-refractivity contribution < 1.29 is 19.0 Å². The van der Waals surface area contributed by atoms with Gasteiger partial charge in [0.1, 0.15) is 23.6 Å². The van der Waals surface area contributed by atoms with Crippen molar-refractivity contribution in [1.29, 1.82) is 5.26 Å². The van der Waals surface area contributed by atoms with Gasteiger partial charge in [-0.3, -0.25) is 9.36 Å². The summed E-state index contributed by atoms with van der Waals surface area (Å²) >= 11 is 4.74. The second kappa shape index (κ2) is 11.2. The van der Waals surface area contributed by atoms with E-state index in [1.807, 2.05) is 18.2 Å². The first-order chi connectivity index (χ1) is 17.7. The molecule has 190 valence electrons. The molecular weight excluding hydrogens is 558 g/mol. The summed E-state index contributed by atoms with van der Waals surface area (Å²) in [6, 6.07) is 13.7. The third-order valence-electron chi connectivity index (χ3n) is 5.55. The molecule has 0 bridgehead atoms. The molecule has 4 rings (SSSR count). The molecule has 0 unspecified atom stereocenters. The lowest BCUT2D eigenvalue weighted by atomic mass is 9.95. The van der Waals surface area contributed by atoms with Crippen molar-refractivity contribution in [2.75, 3.05) is 13.7 Å². The largest absolute Gasteiger partial charge is 0.496 e. The standard InChI is InChI=1S/C27H24BrN3O5S/c1-15(2)36-26(33)23-16(3)30-27-31(24(23)20-14-18(28)7-10-21(20)34-4)25(32)22(37-27)13-17-5-8-19(9-6-17)35-12-11-29/h5-10,13-15,24H,12H2,1-4H3/b22-13-/t24-/m0/s1. The van der Waals surface area contributed by atoms with Gasteiger partial charge in [-0.1, -0.05) is 39.4 Å². The van der Waals surface area contributed by atoms with E-state index in [2.05, 4.69) is 20.9 Å². The molecule has 0 spiro atoms. The number of carbonyl (C=O) groups excluding carboxylic acids is 1. The maximum atomic E-state index is 13.8. The Labute approximate surface area is 225 Å². The van der Waals surface area contributed by atoms with Crippen LogP contribution in [0.5, 0.6) is 11.5 Å². The number of nitriles is 1. The highest BCUT2D eigenvalue weighted by atomic mass is 79.9. The number of halogens is 1. The molecule has 0 N–H and O–H groups in total. The van der Waals surface area contributed by atoms with Gasteiger partial charge in [-0.15, -0.1) is 0 Å². The van der Waals surface area contributed by atoms with Gasteiger partial charge >= 0.3 is 5.97 Å². The van der Waals surface area contributed by atoms with Crippen LogP contribution in [0, 0.1) is 11.3 Å². The van der Waals surface area contributed by atoms with Crippen LogP contribution in [0.4, 0.5) is 0 Å². The quantitative estimate of drug-likeness (QED) is 0.392. The highest BCUT2D eigenvalue weighted by Gasteiger charge is 2.35. The topological polar surface area (TPSA) is 103 Å². The van der Waals surface area contributed by atoms with Crippen molar-refractivity contribution in [2.24, 2.45) is 4.99 Å². The number of hydrogen-bond donors (Lipinski definition) is 0. The van der Waals surface area contributed by atoms with Crippen LogP contribution in [0.2, 0.25) is 0 Å². The van der Waals surface area contributed by atoms with Crippen LogP contribution in [-0.4, -0.2) is 30.4 Å². The molecule has 37 heavy (non-hydrogen) atoms. The number of fused-ring (bicyclic) bond motifs is 1. The predicted molar refractivity (Wildman–Crippen MR) is 143 cm³/mol. The molecule has 0 aliphatic carbocycles. The summed E-state index contributed by atoms with van der Waals surface area (Å²) in [5.41, 5.74) is 1.88. The van der Waals surface area contributed by atoms with Crippen LogP contribution in [0.3, 0.4) is 0 Å². The molecule has 3 aromatic rings. The van der Waals surface area contributed by atoms with E-state index in [0.717, 1.165) is 10.0 Å². The summed E-state index contributed by atoms with van der Waals surface area (Å²) in [5, 5.41) is 8.69. The Bertz CT molecular complexity index is 1600. The van der Waals surface area contributed by atoms with Crippen molar-refractivity contribution in [2.45, 2.75) is 32.9 Å². The molecule has 8 nitrogen and oxygen atoms in total. The molecule has 0 saturated heterocycles. The van der Waals surface area contributed by atoms with E-state index in [1.165, 1.54) is 15.9 Å². The first-order valence-corrected chi connectivity index (χ1v) is 13.0. The smallest absolute Gasteiger partial charge is 0.338 e. The number of benzene rings is 2. The first kappa shape index (κ1) is 26.4. The molecule has 1 aliphatic heterocycles. The van der Waals surface area contributed by atoms with Crippen LogP contribution in [0.25, 0.3) is 6.08 Å². The number of aromatic nitrogens is 1. The van der Waals surface area contributed by atoms with E-state index in [0.29, 0.717) is 32.1 Å². The Kier molecular flexibility index (Phi) is 7.95. The average molecular weight is 582 g/mol. The summed E-state index contributed by atoms with van der Waals surface area (Å²) in [4.78, 5) is 32.1. The maximum absolute atomic E-state index is 13.8. The summed E-state index contributed by atoms with van der Waals surface area (Å²) in [6.07, 6.45) is 1.42. The number of esters is 1. The van der Waals surface area contributed by atoms with Crippen molar-refractivity contribution in [3.63, 3.8) is 0 Å². The Morgan fingerprint density at radius 2 is 2.00 bits per heavy atom. The Morgan fingerprint density at radius 1 is 1.27 bits per heavy atom. The number of methoxy groups -OCH3 is 1. The minimum Gasteiger partial charge on any atom is -0.496 e. The SMILES string of the molecule is COc1ccc(Br)cc1[C@H]1C(C(=O)OC(C)C)=C(C)N=c2s/c(=C\c3ccc(OCC#N)cc3)c(=O)n21. The highest BCUT2D eigenvalue weighted by Crippen LogP contribution is 2.37. The fourth-order valence-corrected chi connectivity index (χ4v) is 5.43. The minimum absolute atomic E-state index is 0.0437. The fraction of sp³-hybridized carbons (Fsp3) is 0.259. The second-order valence-corrected chi connectivity index (χ2v) is 10.4. The maximum Gasteiger partial charge on any atom is 0.338 e. The van der Waals surface area contributed by atoms with Crippen LogP contribution in [-0.2, 0) is 9.53 Å². The number of thiazole rings is 1. The Hall–Kier alpha value is -3.68. The third-order valence-corrected chi connectivity index (χ3v) is 7.03. The summed E-state index contributed by atoms with van der Waals surface area (Å²) in [7, 11) is 1.54. The molecule has 0 saturated carbocycles. The Morgan fingerprint density at radius 3 is 2.65 bits per heavy atom. The molecule has 2 heterocycles. The number of hydrogen-bond acceptors (Lipinski definition) is 8. The molecule has 10 heteroatoms. The van der Waals surface area contributed by atoms with Crippen molar-refractivity contribution >= 4 is 39.3 Å². The molecular formula is C27H24BrN3O5S. The van der Waals surface area contributed by atoms with Crippen molar-refractivity contribution in [1.82, 2.24) is 4.57 Å². The molecule has 1 aliphatic rings. The average Bonchev–Trinajstić information content (AvgIpc) is 3.16. The highest BCUT2D eigenvalue weighted by molar-refractivity contribution is 9.10. The second-order valence-electron chi connectivity index (χ2n) is 8.44. The normalized spacial score (nSPS) is 15.2. The lowest BCUT2D eigenvalue weighted by Gasteiger charge is -2.26. The first-order valence-electron chi connectivity index (χ1n) is 11.4. The minimum atomic E-state index is -0.793. The van der Waals surface area contributed by atoms with E-state index < -0.39 is 12.0 Å². The molecule has 0 amide bonds. The van der Waals surface area contributed by atoms with Crippen LogP contribution < -0.4 is 24.4 Å². The van der Waals surface area contributed by atoms with Crippen molar-refractivity contribution in [3.05, 3.63) is 89.0 Å². The zero-order chi connectivity index (χ0) is 26.7. The fourth-order valence-electron chi connectivity index (χ4n) is 4.00. The molecule has 2 aromatic carbocycles. The lowest BCUT2D eigenvalue weighted by molar-refractivity contribution is -0.143. The van der Waals surface area contributed by atoms with E-state index in [9.17, 15) is 9.59 Å². The van der Waals surface area contributed by atoms with Crippen LogP contribution >= 0.6 is 27.3 Å².